The molecule has 3 nitrogen and oxygen atoms in total. The van der Waals surface area contributed by atoms with Gasteiger partial charge in [-0.3, -0.25) is 0 Å². The van der Waals surface area contributed by atoms with Crippen LogP contribution in [0.25, 0.3) is 0 Å². The summed E-state index contributed by atoms with van der Waals surface area (Å²) < 4.78 is 5.32. The fraction of sp³-hybridized carbons (Fsp3) is 0.545. The number of hydrogen-bond donors (Lipinski definition) is 0. The van der Waals surface area contributed by atoms with Crippen molar-refractivity contribution in [1.29, 1.82) is 0 Å². The largest absolute Gasteiger partial charge is 0.380 e. The lowest BCUT2D eigenvalue weighted by atomic mass is 10.3. The Balaban J connectivity index is 2.15. The molecular formula is C11H14Cl2N2O. The van der Waals surface area contributed by atoms with Gasteiger partial charge in [0, 0.05) is 20.2 Å². The molecule has 0 spiro atoms. The molecule has 2 heterocycles. The molecule has 0 aliphatic carbocycles. The Bertz CT molecular complexity index is 373. The molecule has 0 amide bonds. The zero-order valence-corrected chi connectivity index (χ0v) is 10.6. The third kappa shape index (κ3) is 2.42. The lowest BCUT2D eigenvalue weighted by Gasteiger charge is -2.18. The minimum absolute atomic E-state index is 0.303. The molecule has 1 aliphatic rings. The molecule has 0 aromatic carbocycles. The predicted octanol–water partition coefficient (Wildman–Crippen LogP) is 2.70. The molecule has 88 valence electrons. The molecule has 1 saturated heterocycles. The maximum Gasteiger partial charge on any atom is 0.129 e. The summed E-state index contributed by atoms with van der Waals surface area (Å²) >= 11 is 11.7. The molecule has 1 aromatic rings. The van der Waals surface area contributed by atoms with E-state index in [2.05, 4.69) is 9.88 Å². The van der Waals surface area contributed by atoms with Crippen LogP contribution in [-0.4, -0.2) is 31.3 Å². The van der Waals surface area contributed by atoms with Crippen LogP contribution in [0, 0.1) is 0 Å². The maximum absolute atomic E-state index is 5.97. The zero-order valence-electron chi connectivity index (χ0n) is 9.12. The average Bonchev–Trinajstić information content (AvgIpc) is 2.78. The van der Waals surface area contributed by atoms with E-state index < -0.39 is 0 Å². The van der Waals surface area contributed by atoms with Gasteiger partial charge in [-0.05, 0) is 18.6 Å². The Morgan fingerprint density at radius 2 is 2.38 bits per heavy atom. The van der Waals surface area contributed by atoms with Crippen molar-refractivity contribution < 1.29 is 4.74 Å². The molecule has 1 unspecified atom stereocenters. The molecule has 1 aromatic heterocycles. The van der Waals surface area contributed by atoms with Gasteiger partial charge >= 0.3 is 0 Å². The number of ether oxygens (including phenoxy) is 1. The lowest BCUT2D eigenvalue weighted by Crippen LogP contribution is -2.23. The summed E-state index contributed by atoms with van der Waals surface area (Å²) in [7, 11) is 1.74. The highest BCUT2D eigenvalue weighted by molar-refractivity contribution is 6.32. The van der Waals surface area contributed by atoms with Crippen LogP contribution in [0.1, 0.15) is 12.1 Å². The predicted molar refractivity (Wildman–Crippen MR) is 66.4 cm³/mol. The number of hydrogen-bond acceptors (Lipinski definition) is 3. The van der Waals surface area contributed by atoms with Crippen LogP contribution < -0.4 is 4.90 Å². The summed E-state index contributed by atoms with van der Waals surface area (Å²) in [5, 5.41) is 0.626. The maximum atomic E-state index is 5.97. The first kappa shape index (κ1) is 12.0. The highest BCUT2D eigenvalue weighted by Crippen LogP contribution is 2.24. The highest BCUT2D eigenvalue weighted by atomic mass is 35.5. The van der Waals surface area contributed by atoms with E-state index in [9.17, 15) is 0 Å². The zero-order chi connectivity index (χ0) is 11.5. The summed E-state index contributed by atoms with van der Waals surface area (Å²) in [6.45, 7) is 1.85. The van der Waals surface area contributed by atoms with E-state index in [-0.39, 0.29) is 0 Å². The van der Waals surface area contributed by atoms with Crippen molar-refractivity contribution in [3.05, 3.63) is 22.8 Å². The second-order valence-electron chi connectivity index (χ2n) is 3.82. The van der Waals surface area contributed by atoms with Crippen molar-refractivity contribution in [2.24, 2.45) is 0 Å². The lowest BCUT2D eigenvalue weighted by molar-refractivity contribution is 0.121. The Kier molecular flexibility index (Phi) is 3.90. The number of alkyl halides is 1. The van der Waals surface area contributed by atoms with Crippen molar-refractivity contribution >= 4 is 29.0 Å². The van der Waals surface area contributed by atoms with Crippen molar-refractivity contribution in [3.63, 3.8) is 0 Å². The van der Waals surface area contributed by atoms with Gasteiger partial charge in [0.25, 0.3) is 0 Å². The quantitative estimate of drug-likeness (QED) is 0.782. The number of halogens is 2. The van der Waals surface area contributed by atoms with Crippen molar-refractivity contribution in [2.45, 2.75) is 18.4 Å². The van der Waals surface area contributed by atoms with Gasteiger partial charge in [0.1, 0.15) is 5.82 Å². The molecule has 1 aliphatic heterocycles. The topological polar surface area (TPSA) is 25.4 Å². The molecule has 0 N–H and O–H groups in total. The second-order valence-corrected chi connectivity index (χ2v) is 4.50. The molecule has 1 fully saturated rings. The minimum atomic E-state index is 0.303. The molecule has 5 heteroatoms. The first-order valence-corrected chi connectivity index (χ1v) is 6.15. The van der Waals surface area contributed by atoms with Gasteiger partial charge in [-0.2, -0.15) is 0 Å². The van der Waals surface area contributed by atoms with Crippen LogP contribution in [0.2, 0.25) is 5.02 Å². The van der Waals surface area contributed by atoms with E-state index in [1.54, 1.807) is 7.11 Å². The van der Waals surface area contributed by atoms with Gasteiger partial charge in [0.2, 0.25) is 0 Å². The van der Waals surface area contributed by atoms with Crippen LogP contribution in [0.4, 0.5) is 5.82 Å². The Morgan fingerprint density at radius 1 is 1.56 bits per heavy atom. The fourth-order valence-electron chi connectivity index (χ4n) is 1.87. The molecule has 16 heavy (non-hydrogen) atoms. The Morgan fingerprint density at radius 3 is 3.00 bits per heavy atom. The van der Waals surface area contributed by atoms with Gasteiger partial charge in [-0.1, -0.05) is 11.6 Å². The number of nitrogens with zero attached hydrogens (tertiary/aromatic N) is 2. The monoisotopic (exact) mass is 260 g/mol. The van der Waals surface area contributed by atoms with Crippen LogP contribution in [0.15, 0.2) is 12.1 Å². The summed E-state index contributed by atoms with van der Waals surface area (Å²) in [6.07, 6.45) is 1.34. The van der Waals surface area contributed by atoms with E-state index >= 15 is 0 Å². The highest BCUT2D eigenvalue weighted by Gasteiger charge is 2.23. The third-order valence-corrected chi connectivity index (χ3v) is 3.43. The van der Waals surface area contributed by atoms with Crippen LogP contribution in [0.5, 0.6) is 0 Å². The summed E-state index contributed by atoms with van der Waals surface area (Å²) in [5.74, 6) is 1.27. The SMILES string of the molecule is COC1CCN(c2ccc(Cl)c(CCl)n2)C1. The van der Waals surface area contributed by atoms with E-state index in [0.717, 1.165) is 31.0 Å². The van der Waals surface area contributed by atoms with Crippen molar-refractivity contribution in [1.82, 2.24) is 4.98 Å². The van der Waals surface area contributed by atoms with E-state index in [4.69, 9.17) is 27.9 Å². The van der Waals surface area contributed by atoms with Crippen LogP contribution in [0.3, 0.4) is 0 Å². The van der Waals surface area contributed by atoms with Gasteiger partial charge in [-0.25, -0.2) is 4.98 Å². The van der Waals surface area contributed by atoms with Crippen molar-refractivity contribution in [3.8, 4) is 0 Å². The molecule has 0 bridgehead atoms. The molecule has 0 saturated carbocycles. The molecule has 0 radical (unpaired) electrons. The number of aromatic nitrogens is 1. The standard InChI is InChI=1S/C11H14Cl2N2O/c1-16-8-4-5-15(7-8)11-3-2-9(13)10(6-12)14-11/h2-3,8H,4-7H2,1H3. The first-order valence-electron chi connectivity index (χ1n) is 5.23. The number of anilines is 1. The van der Waals surface area contributed by atoms with E-state index in [1.165, 1.54) is 0 Å². The van der Waals surface area contributed by atoms with Gasteiger partial charge in [-0.15, -0.1) is 11.6 Å². The molecule has 1 atom stereocenters. The van der Waals surface area contributed by atoms with Crippen LogP contribution in [-0.2, 0) is 10.6 Å². The second kappa shape index (κ2) is 5.21. The average molecular weight is 261 g/mol. The summed E-state index contributed by atoms with van der Waals surface area (Å²) in [6, 6.07) is 3.78. The van der Waals surface area contributed by atoms with Gasteiger partial charge < -0.3 is 9.64 Å². The Hall–Kier alpha value is -0.510. The minimum Gasteiger partial charge on any atom is -0.380 e. The van der Waals surface area contributed by atoms with Crippen LogP contribution >= 0.6 is 23.2 Å². The number of pyridine rings is 1. The first-order chi connectivity index (χ1) is 7.74. The third-order valence-electron chi connectivity index (χ3n) is 2.83. The number of methoxy groups -OCH3 is 1. The normalized spacial score (nSPS) is 20.4. The number of rotatable bonds is 3. The smallest absolute Gasteiger partial charge is 0.129 e. The fourth-order valence-corrected chi connectivity index (χ4v) is 2.32. The Labute approximate surface area is 105 Å². The summed E-state index contributed by atoms with van der Waals surface area (Å²) in [4.78, 5) is 6.64. The summed E-state index contributed by atoms with van der Waals surface area (Å²) in [5.41, 5.74) is 0.738. The van der Waals surface area contributed by atoms with E-state index in [1.807, 2.05) is 12.1 Å². The van der Waals surface area contributed by atoms with Gasteiger partial charge in [0.15, 0.2) is 0 Å². The molecule has 2 rings (SSSR count). The molecular weight excluding hydrogens is 247 g/mol. The van der Waals surface area contributed by atoms with E-state index in [0.29, 0.717) is 17.0 Å². The van der Waals surface area contributed by atoms with Crippen molar-refractivity contribution in [2.75, 3.05) is 25.1 Å². The van der Waals surface area contributed by atoms with Gasteiger partial charge in [0.05, 0.1) is 22.7 Å².